The van der Waals surface area contributed by atoms with Crippen LogP contribution in [0.3, 0.4) is 0 Å². The summed E-state index contributed by atoms with van der Waals surface area (Å²) < 4.78 is 11.8. The van der Waals surface area contributed by atoms with Gasteiger partial charge in [0, 0.05) is 42.6 Å². The first-order chi connectivity index (χ1) is 17.6. The quantitative estimate of drug-likeness (QED) is 0.230. The van der Waals surface area contributed by atoms with Gasteiger partial charge in [-0.05, 0) is 57.2 Å². The van der Waals surface area contributed by atoms with E-state index in [0.29, 0.717) is 35.2 Å². The van der Waals surface area contributed by atoms with Crippen molar-refractivity contribution in [2.45, 2.75) is 27.4 Å². The molecule has 0 radical (unpaired) electrons. The molecule has 2 aromatic heterocycles. The number of pyridine rings is 2. The van der Waals surface area contributed by atoms with Crippen LogP contribution in [0.2, 0.25) is 5.02 Å². The Kier molecular flexibility index (Phi) is 9.78. The van der Waals surface area contributed by atoms with E-state index in [2.05, 4.69) is 40.1 Å². The Morgan fingerprint density at radius 3 is 2.46 bits per heavy atom. The smallest absolute Gasteiger partial charge is 0.144 e. The number of rotatable bonds is 10. The molecule has 4 aromatic rings. The highest BCUT2D eigenvalue weighted by atomic mass is 35.5. The second kappa shape index (κ2) is 13.0. The predicted octanol–water partition coefficient (Wildman–Crippen LogP) is 7.14. The fourth-order valence-corrected chi connectivity index (χ4v) is 4.22. The van der Waals surface area contributed by atoms with Gasteiger partial charge in [-0.2, -0.15) is 5.26 Å². The van der Waals surface area contributed by atoms with Gasteiger partial charge in [-0.3, -0.25) is 9.97 Å². The van der Waals surface area contributed by atoms with Gasteiger partial charge >= 0.3 is 0 Å². The van der Waals surface area contributed by atoms with Crippen molar-refractivity contribution < 1.29 is 9.47 Å². The first-order valence-corrected chi connectivity index (χ1v) is 12.3. The molecule has 0 fully saturated rings. The van der Waals surface area contributed by atoms with Crippen LogP contribution in [-0.4, -0.2) is 29.7 Å². The van der Waals surface area contributed by atoms with Gasteiger partial charge in [0.1, 0.15) is 24.2 Å². The van der Waals surface area contributed by atoms with Crippen molar-refractivity contribution in [3.05, 3.63) is 77.2 Å². The van der Waals surface area contributed by atoms with E-state index in [-0.39, 0.29) is 12.4 Å². The molecule has 9 heteroatoms. The zero-order valence-electron chi connectivity index (χ0n) is 21.0. The van der Waals surface area contributed by atoms with Crippen molar-refractivity contribution in [2.75, 3.05) is 29.9 Å². The van der Waals surface area contributed by atoms with E-state index in [1.54, 1.807) is 24.5 Å². The Hall–Kier alpha value is -3.73. The van der Waals surface area contributed by atoms with Crippen molar-refractivity contribution >= 4 is 52.0 Å². The van der Waals surface area contributed by atoms with Gasteiger partial charge in [0.15, 0.2) is 0 Å². The molecule has 192 valence electrons. The molecule has 2 aromatic carbocycles. The molecular weight excluding hydrogens is 509 g/mol. The molecule has 0 aliphatic rings. The molecule has 0 saturated heterocycles. The number of hydrogen-bond donors (Lipinski definition) is 1. The average Bonchev–Trinajstić information content (AvgIpc) is 2.90. The van der Waals surface area contributed by atoms with Crippen molar-refractivity contribution in [1.82, 2.24) is 9.97 Å². The van der Waals surface area contributed by atoms with E-state index in [1.165, 1.54) is 0 Å². The van der Waals surface area contributed by atoms with E-state index in [9.17, 15) is 5.26 Å². The summed E-state index contributed by atoms with van der Waals surface area (Å²) in [5, 5.41) is 14.5. The van der Waals surface area contributed by atoms with E-state index < -0.39 is 0 Å². The van der Waals surface area contributed by atoms with Crippen LogP contribution in [0.15, 0.2) is 60.9 Å². The molecule has 2 heterocycles. The molecule has 0 bridgehead atoms. The summed E-state index contributed by atoms with van der Waals surface area (Å²) >= 11 is 6.53. The van der Waals surface area contributed by atoms with Crippen molar-refractivity contribution in [3.8, 4) is 17.6 Å². The van der Waals surface area contributed by atoms with Gasteiger partial charge < -0.3 is 19.7 Å². The summed E-state index contributed by atoms with van der Waals surface area (Å²) in [7, 11) is 0. The number of nitrogens with zero attached hydrogens (tertiary/aromatic N) is 4. The molecule has 0 aliphatic heterocycles. The fourth-order valence-electron chi connectivity index (χ4n) is 3.99. The summed E-state index contributed by atoms with van der Waals surface area (Å²) in [6, 6.07) is 17.3. The zero-order chi connectivity index (χ0) is 25.5. The maximum atomic E-state index is 9.83. The maximum Gasteiger partial charge on any atom is 0.144 e. The molecule has 0 spiro atoms. The topological polar surface area (TPSA) is 83.3 Å². The van der Waals surface area contributed by atoms with Crippen molar-refractivity contribution in [1.29, 1.82) is 5.26 Å². The average molecular weight is 538 g/mol. The lowest BCUT2D eigenvalue weighted by molar-refractivity contribution is 0.301. The van der Waals surface area contributed by atoms with Gasteiger partial charge in [0.2, 0.25) is 0 Å². The first kappa shape index (κ1) is 27.9. The SMILES string of the molecule is CCOc1cc2ncc(C#N)c(Nc3ccc(OCc4ccccn4)c(Cl)c3)c2cc1N(CC)CC.Cl. The minimum atomic E-state index is 0. The lowest BCUT2D eigenvalue weighted by Gasteiger charge is -2.25. The van der Waals surface area contributed by atoms with Crippen LogP contribution in [-0.2, 0) is 6.61 Å². The van der Waals surface area contributed by atoms with E-state index in [1.807, 2.05) is 43.3 Å². The van der Waals surface area contributed by atoms with E-state index in [0.717, 1.165) is 46.8 Å². The molecular formula is C28H29Cl2N5O2. The van der Waals surface area contributed by atoms with Gasteiger partial charge in [-0.1, -0.05) is 17.7 Å². The Bertz CT molecular complexity index is 1390. The lowest BCUT2D eigenvalue weighted by Crippen LogP contribution is -2.22. The minimum Gasteiger partial charge on any atom is -0.492 e. The Morgan fingerprint density at radius 1 is 1.00 bits per heavy atom. The summed E-state index contributed by atoms with van der Waals surface area (Å²) in [6.45, 7) is 8.68. The van der Waals surface area contributed by atoms with Gasteiger partial charge in [-0.25, -0.2) is 0 Å². The Morgan fingerprint density at radius 2 is 1.81 bits per heavy atom. The predicted molar refractivity (Wildman–Crippen MR) is 152 cm³/mol. The summed E-state index contributed by atoms with van der Waals surface area (Å²) in [5.41, 5.74) is 4.34. The first-order valence-electron chi connectivity index (χ1n) is 11.9. The number of nitrogens with one attached hydrogen (secondary N) is 1. The van der Waals surface area contributed by atoms with Crippen LogP contribution in [0.25, 0.3) is 10.9 Å². The number of aromatic nitrogens is 2. The highest BCUT2D eigenvalue weighted by Crippen LogP contribution is 2.38. The van der Waals surface area contributed by atoms with Crippen LogP contribution in [0.4, 0.5) is 17.1 Å². The number of hydrogen-bond acceptors (Lipinski definition) is 7. The van der Waals surface area contributed by atoms with Crippen LogP contribution >= 0.6 is 24.0 Å². The second-order valence-corrected chi connectivity index (χ2v) is 8.39. The summed E-state index contributed by atoms with van der Waals surface area (Å²) in [5.74, 6) is 1.33. The number of anilines is 3. The molecule has 0 amide bonds. The summed E-state index contributed by atoms with van der Waals surface area (Å²) in [6.07, 6.45) is 3.30. The van der Waals surface area contributed by atoms with Crippen LogP contribution < -0.4 is 19.7 Å². The van der Waals surface area contributed by atoms with Crippen molar-refractivity contribution in [3.63, 3.8) is 0 Å². The second-order valence-electron chi connectivity index (χ2n) is 7.98. The molecule has 7 nitrogen and oxygen atoms in total. The standard InChI is InChI=1S/C28H28ClN5O2.ClH/c1-4-34(5-2)25-14-22-24(15-27(25)35-6-3)32-17-19(16-30)28(22)33-20-10-11-26(23(29)13-20)36-18-21-9-7-8-12-31-21;/h7-15,17H,4-6,18H2,1-3H3,(H,32,33);1H. The fraction of sp³-hybridized carbons (Fsp3) is 0.250. The largest absolute Gasteiger partial charge is 0.492 e. The Labute approximate surface area is 228 Å². The monoisotopic (exact) mass is 537 g/mol. The number of ether oxygens (including phenoxy) is 2. The molecule has 4 rings (SSSR count). The third kappa shape index (κ3) is 6.34. The number of benzene rings is 2. The molecule has 0 saturated carbocycles. The molecule has 0 atom stereocenters. The van der Waals surface area contributed by atoms with Gasteiger partial charge in [0.05, 0.1) is 39.8 Å². The third-order valence-electron chi connectivity index (χ3n) is 5.78. The van der Waals surface area contributed by atoms with Crippen molar-refractivity contribution in [2.24, 2.45) is 0 Å². The van der Waals surface area contributed by atoms with Gasteiger partial charge in [0.25, 0.3) is 0 Å². The normalized spacial score (nSPS) is 10.4. The van der Waals surface area contributed by atoms with Crippen LogP contribution in [0.1, 0.15) is 32.0 Å². The molecule has 0 aliphatic carbocycles. The minimum absolute atomic E-state index is 0. The van der Waals surface area contributed by atoms with E-state index in [4.69, 9.17) is 21.1 Å². The Balaban J connectivity index is 0.00000380. The highest BCUT2D eigenvalue weighted by molar-refractivity contribution is 6.32. The van der Waals surface area contributed by atoms with Crippen LogP contribution in [0.5, 0.6) is 11.5 Å². The highest BCUT2D eigenvalue weighted by Gasteiger charge is 2.17. The number of nitriles is 1. The third-order valence-corrected chi connectivity index (χ3v) is 6.07. The molecule has 1 N–H and O–H groups in total. The lowest BCUT2D eigenvalue weighted by atomic mass is 10.1. The zero-order valence-corrected chi connectivity index (χ0v) is 22.6. The van der Waals surface area contributed by atoms with E-state index >= 15 is 0 Å². The molecule has 0 unspecified atom stereocenters. The van der Waals surface area contributed by atoms with Gasteiger partial charge in [-0.15, -0.1) is 12.4 Å². The number of fused-ring (bicyclic) bond motifs is 1. The molecule has 37 heavy (non-hydrogen) atoms. The summed E-state index contributed by atoms with van der Waals surface area (Å²) in [4.78, 5) is 11.0. The van der Waals surface area contributed by atoms with Crippen LogP contribution in [0, 0.1) is 11.3 Å². The maximum absolute atomic E-state index is 9.83. The number of halogens is 2.